The largest absolute Gasteiger partial charge is 0.356 e. The number of rotatable bonds is 9. The van der Waals surface area contributed by atoms with Gasteiger partial charge in [0.05, 0.1) is 0 Å². The second-order valence-corrected chi connectivity index (χ2v) is 8.01. The molecule has 0 rings (SSSR count). The van der Waals surface area contributed by atoms with Crippen LogP contribution in [-0.4, -0.2) is 37.0 Å². The molecule has 0 aromatic carbocycles. The van der Waals surface area contributed by atoms with Gasteiger partial charge >= 0.3 is 0 Å². The first-order chi connectivity index (χ1) is 9.57. The van der Waals surface area contributed by atoms with Crippen LogP contribution in [0.1, 0.15) is 67.7 Å². The molecule has 0 heterocycles. The van der Waals surface area contributed by atoms with Crippen LogP contribution in [0.15, 0.2) is 0 Å². The number of nitrogens with one attached hydrogen (secondary N) is 1. The number of amides is 1. The van der Waals surface area contributed by atoms with Crippen LogP contribution in [0, 0.1) is 17.3 Å². The third-order valence-corrected chi connectivity index (χ3v) is 4.25. The van der Waals surface area contributed by atoms with Crippen molar-refractivity contribution in [2.24, 2.45) is 17.3 Å². The van der Waals surface area contributed by atoms with Gasteiger partial charge in [0.1, 0.15) is 0 Å². The van der Waals surface area contributed by atoms with Crippen molar-refractivity contribution in [1.82, 2.24) is 10.2 Å². The maximum atomic E-state index is 12.3. The van der Waals surface area contributed by atoms with Gasteiger partial charge in [-0.05, 0) is 51.6 Å². The summed E-state index contributed by atoms with van der Waals surface area (Å²) in [5.41, 5.74) is 0.0260. The second kappa shape index (κ2) is 9.45. The van der Waals surface area contributed by atoms with E-state index in [1.165, 1.54) is 12.8 Å². The molecule has 1 atom stereocenters. The summed E-state index contributed by atoms with van der Waals surface area (Å²) in [5, 5.41) is 3.13. The van der Waals surface area contributed by atoms with Gasteiger partial charge < -0.3 is 10.2 Å². The van der Waals surface area contributed by atoms with Crippen molar-refractivity contribution in [2.45, 2.75) is 73.8 Å². The zero-order chi connectivity index (χ0) is 16.6. The van der Waals surface area contributed by atoms with Gasteiger partial charge in [-0.2, -0.15) is 0 Å². The zero-order valence-corrected chi connectivity index (χ0v) is 15.6. The molecule has 0 aromatic heterocycles. The Morgan fingerprint density at radius 2 is 1.62 bits per heavy atom. The minimum Gasteiger partial charge on any atom is -0.356 e. The van der Waals surface area contributed by atoms with E-state index in [9.17, 15) is 4.79 Å². The quantitative estimate of drug-likeness (QED) is 0.654. The normalized spacial score (nSPS) is 14.0. The van der Waals surface area contributed by atoms with Gasteiger partial charge in [0, 0.05) is 18.5 Å². The van der Waals surface area contributed by atoms with Gasteiger partial charge in [0.15, 0.2) is 0 Å². The third kappa shape index (κ3) is 8.45. The minimum atomic E-state index is 0.0260. The molecule has 0 aliphatic rings. The summed E-state index contributed by atoms with van der Waals surface area (Å²) in [5.74, 6) is 0.686. The van der Waals surface area contributed by atoms with Crippen LogP contribution in [0.5, 0.6) is 0 Å². The predicted octanol–water partition coefficient (Wildman–Crippen LogP) is 3.93. The lowest BCUT2D eigenvalue weighted by atomic mass is 9.74. The van der Waals surface area contributed by atoms with E-state index in [0.29, 0.717) is 12.0 Å². The molecule has 0 aliphatic carbocycles. The summed E-state index contributed by atoms with van der Waals surface area (Å²) in [7, 11) is 2.17. The van der Waals surface area contributed by atoms with Crippen molar-refractivity contribution >= 4 is 5.91 Å². The van der Waals surface area contributed by atoms with Crippen molar-refractivity contribution in [2.75, 3.05) is 20.1 Å². The average Bonchev–Trinajstić information content (AvgIpc) is 2.30. The first kappa shape index (κ1) is 20.4. The molecule has 21 heavy (non-hydrogen) atoms. The Hall–Kier alpha value is -0.570. The van der Waals surface area contributed by atoms with Gasteiger partial charge in [-0.1, -0.05) is 41.0 Å². The SMILES string of the molecule is CC(C)[C@@H](C(=O)NCCCCCN(C)C(C)C)C(C)(C)C. The van der Waals surface area contributed by atoms with Crippen LogP contribution in [0.3, 0.4) is 0 Å². The highest BCUT2D eigenvalue weighted by Gasteiger charge is 2.33. The number of hydrogen-bond donors (Lipinski definition) is 1. The van der Waals surface area contributed by atoms with Gasteiger partial charge in [0.25, 0.3) is 0 Å². The molecule has 1 N–H and O–H groups in total. The highest BCUT2D eigenvalue weighted by molar-refractivity contribution is 5.79. The first-order valence-corrected chi connectivity index (χ1v) is 8.55. The summed E-state index contributed by atoms with van der Waals surface area (Å²) in [6.45, 7) is 17.1. The Balaban J connectivity index is 3.94. The third-order valence-electron chi connectivity index (χ3n) is 4.25. The number of carbonyl (C=O) groups is 1. The standard InChI is InChI=1S/C18H38N2O/c1-14(2)16(18(5,6)7)17(21)19-12-10-9-11-13-20(8)15(3)4/h14-16H,9-13H2,1-8H3,(H,19,21)/t16-/m0/s1. The lowest BCUT2D eigenvalue weighted by Crippen LogP contribution is -2.41. The van der Waals surface area contributed by atoms with Crippen LogP contribution >= 0.6 is 0 Å². The summed E-state index contributed by atoms with van der Waals surface area (Å²) < 4.78 is 0. The number of carbonyl (C=O) groups excluding carboxylic acids is 1. The lowest BCUT2D eigenvalue weighted by molar-refractivity contribution is -0.130. The Morgan fingerprint density at radius 3 is 2.05 bits per heavy atom. The van der Waals surface area contributed by atoms with E-state index in [1.54, 1.807) is 0 Å². The van der Waals surface area contributed by atoms with Crippen molar-refractivity contribution in [3.8, 4) is 0 Å². The van der Waals surface area contributed by atoms with Gasteiger partial charge in [-0.15, -0.1) is 0 Å². The fraction of sp³-hybridized carbons (Fsp3) is 0.944. The molecule has 3 nitrogen and oxygen atoms in total. The molecule has 0 saturated carbocycles. The van der Waals surface area contributed by atoms with Crippen molar-refractivity contribution in [3.05, 3.63) is 0 Å². The van der Waals surface area contributed by atoms with E-state index in [4.69, 9.17) is 0 Å². The van der Waals surface area contributed by atoms with Crippen LogP contribution in [0.2, 0.25) is 0 Å². The second-order valence-electron chi connectivity index (χ2n) is 8.01. The molecule has 0 unspecified atom stereocenters. The fourth-order valence-electron chi connectivity index (χ4n) is 2.94. The van der Waals surface area contributed by atoms with E-state index in [1.807, 2.05) is 0 Å². The van der Waals surface area contributed by atoms with Crippen molar-refractivity contribution in [1.29, 1.82) is 0 Å². The monoisotopic (exact) mass is 298 g/mol. The Bertz CT molecular complexity index is 292. The molecular weight excluding hydrogens is 260 g/mol. The van der Waals surface area contributed by atoms with E-state index in [0.717, 1.165) is 19.5 Å². The van der Waals surface area contributed by atoms with E-state index >= 15 is 0 Å². The Labute approximate surface area is 132 Å². The molecule has 126 valence electrons. The fourth-order valence-corrected chi connectivity index (χ4v) is 2.94. The summed E-state index contributed by atoms with van der Waals surface area (Å²) in [6.07, 6.45) is 3.46. The van der Waals surface area contributed by atoms with Gasteiger partial charge in [-0.3, -0.25) is 4.79 Å². The van der Waals surface area contributed by atoms with Crippen LogP contribution < -0.4 is 5.32 Å². The molecule has 0 spiro atoms. The summed E-state index contributed by atoms with van der Waals surface area (Å²) in [6, 6.07) is 0.614. The first-order valence-electron chi connectivity index (χ1n) is 8.55. The van der Waals surface area contributed by atoms with Crippen molar-refractivity contribution < 1.29 is 4.79 Å². The molecule has 0 bridgehead atoms. The topological polar surface area (TPSA) is 32.3 Å². The molecule has 0 aromatic rings. The maximum absolute atomic E-state index is 12.3. The van der Waals surface area contributed by atoms with Gasteiger partial charge in [0.2, 0.25) is 5.91 Å². The molecular formula is C18H38N2O. The smallest absolute Gasteiger partial charge is 0.223 e. The highest BCUT2D eigenvalue weighted by Crippen LogP contribution is 2.32. The van der Waals surface area contributed by atoms with Crippen molar-refractivity contribution in [3.63, 3.8) is 0 Å². The highest BCUT2D eigenvalue weighted by atomic mass is 16.1. The van der Waals surface area contributed by atoms with Crippen LogP contribution in [0.4, 0.5) is 0 Å². The average molecular weight is 299 g/mol. The zero-order valence-electron chi connectivity index (χ0n) is 15.6. The van der Waals surface area contributed by atoms with E-state index < -0.39 is 0 Å². The molecule has 0 fully saturated rings. The lowest BCUT2D eigenvalue weighted by Gasteiger charge is -2.32. The minimum absolute atomic E-state index is 0.0260. The molecule has 0 aliphatic heterocycles. The number of hydrogen-bond acceptors (Lipinski definition) is 2. The summed E-state index contributed by atoms with van der Waals surface area (Å²) in [4.78, 5) is 14.7. The van der Waals surface area contributed by atoms with E-state index in [-0.39, 0.29) is 17.2 Å². The molecule has 0 saturated heterocycles. The Morgan fingerprint density at radius 1 is 1.05 bits per heavy atom. The molecule has 3 heteroatoms. The summed E-state index contributed by atoms with van der Waals surface area (Å²) >= 11 is 0. The number of unbranched alkanes of at least 4 members (excludes halogenated alkanes) is 2. The Kier molecular flexibility index (Phi) is 9.19. The maximum Gasteiger partial charge on any atom is 0.223 e. The van der Waals surface area contributed by atoms with Crippen LogP contribution in [0.25, 0.3) is 0 Å². The van der Waals surface area contributed by atoms with Gasteiger partial charge in [-0.25, -0.2) is 0 Å². The molecule has 1 amide bonds. The van der Waals surface area contributed by atoms with E-state index in [2.05, 4.69) is 65.7 Å². The molecule has 0 radical (unpaired) electrons. The number of nitrogens with zero attached hydrogens (tertiary/aromatic N) is 1. The van der Waals surface area contributed by atoms with Crippen LogP contribution in [-0.2, 0) is 4.79 Å². The predicted molar refractivity (Wildman–Crippen MR) is 92.4 cm³/mol.